The van der Waals surface area contributed by atoms with Gasteiger partial charge in [0.15, 0.2) is 0 Å². The van der Waals surface area contributed by atoms with E-state index < -0.39 is 5.60 Å². The quantitative estimate of drug-likeness (QED) is 0.843. The monoisotopic (exact) mass is 233 g/mol. The van der Waals surface area contributed by atoms with Crippen LogP contribution in [-0.2, 0) is 4.79 Å². The fourth-order valence-electron chi connectivity index (χ4n) is 2.44. The van der Waals surface area contributed by atoms with Gasteiger partial charge in [-0.05, 0) is 37.5 Å². The van der Waals surface area contributed by atoms with Crippen LogP contribution in [0, 0.1) is 6.92 Å². The number of aliphatic hydroxyl groups is 1. The van der Waals surface area contributed by atoms with Crippen LogP contribution in [0.1, 0.15) is 37.7 Å². The number of amides is 1. The SMILES string of the molecule is Cc1cccc(NC(=O)CC2(O)CCCC2)c1. The van der Waals surface area contributed by atoms with Gasteiger partial charge in [0.1, 0.15) is 0 Å². The van der Waals surface area contributed by atoms with Crippen molar-refractivity contribution >= 4 is 11.6 Å². The zero-order valence-corrected chi connectivity index (χ0v) is 10.2. The molecule has 92 valence electrons. The second-order valence-corrected chi connectivity index (χ2v) is 5.03. The summed E-state index contributed by atoms with van der Waals surface area (Å²) in [5.41, 5.74) is 1.15. The van der Waals surface area contributed by atoms with Crippen molar-refractivity contribution < 1.29 is 9.90 Å². The molecule has 1 saturated carbocycles. The van der Waals surface area contributed by atoms with Crippen LogP contribution in [0.3, 0.4) is 0 Å². The van der Waals surface area contributed by atoms with Crippen molar-refractivity contribution in [1.82, 2.24) is 0 Å². The number of hydrogen-bond donors (Lipinski definition) is 2. The predicted octanol–water partition coefficient (Wildman–Crippen LogP) is 2.63. The van der Waals surface area contributed by atoms with E-state index in [2.05, 4.69) is 5.32 Å². The van der Waals surface area contributed by atoms with Crippen LogP contribution in [0.25, 0.3) is 0 Å². The zero-order chi connectivity index (χ0) is 12.3. The van der Waals surface area contributed by atoms with Crippen LogP contribution in [0.2, 0.25) is 0 Å². The molecular weight excluding hydrogens is 214 g/mol. The Bertz CT molecular complexity index is 408. The number of rotatable bonds is 3. The Balaban J connectivity index is 1.93. The minimum Gasteiger partial charge on any atom is -0.389 e. The molecule has 1 fully saturated rings. The topological polar surface area (TPSA) is 49.3 Å². The normalized spacial score (nSPS) is 18.0. The first-order valence-electron chi connectivity index (χ1n) is 6.16. The van der Waals surface area contributed by atoms with Gasteiger partial charge in [-0.25, -0.2) is 0 Å². The summed E-state index contributed by atoms with van der Waals surface area (Å²) in [4.78, 5) is 11.8. The van der Waals surface area contributed by atoms with Crippen LogP contribution >= 0.6 is 0 Å². The van der Waals surface area contributed by atoms with Crippen molar-refractivity contribution in [2.75, 3.05) is 5.32 Å². The average Bonchev–Trinajstić information content (AvgIpc) is 2.64. The highest BCUT2D eigenvalue weighted by Crippen LogP contribution is 2.32. The molecule has 1 aliphatic carbocycles. The molecule has 3 heteroatoms. The maximum atomic E-state index is 11.8. The van der Waals surface area contributed by atoms with E-state index in [1.54, 1.807) is 0 Å². The Kier molecular flexibility index (Phi) is 3.48. The molecule has 1 aromatic carbocycles. The number of carbonyl (C=O) groups is 1. The van der Waals surface area contributed by atoms with Crippen LogP contribution in [0.15, 0.2) is 24.3 Å². The first kappa shape index (κ1) is 12.1. The molecule has 1 amide bonds. The summed E-state index contributed by atoms with van der Waals surface area (Å²) in [5.74, 6) is -0.0972. The second-order valence-electron chi connectivity index (χ2n) is 5.03. The van der Waals surface area contributed by atoms with Crippen molar-refractivity contribution in [3.63, 3.8) is 0 Å². The van der Waals surface area contributed by atoms with E-state index in [4.69, 9.17) is 0 Å². The van der Waals surface area contributed by atoms with E-state index in [9.17, 15) is 9.90 Å². The highest BCUT2D eigenvalue weighted by molar-refractivity contribution is 5.91. The average molecular weight is 233 g/mol. The van der Waals surface area contributed by atoms with Crippen molar-refractivity contribution in [2.45, 2.75) is 44.6 Å². The number of hydrogen-bond acceptors (Lipinski definition) is 2. The third kappa shape index (κ3) is 3.30. The fourth-order valence-corrected chi connectivity index (χ4v) is 2.44. The van der Waals surface area contributed by atoms with Crippen molar-refractivity contribution in [1.29, 1.82) is 0 Å². The maximum Gasteiger partial charge on any atom is 0.227 e. The summed E-state index contributed by atoms with van der Waals surface area (Å²) in [7, 11) is 0. The number of nitrogens with one attached hydrogen (secondary N) is 1. The lowest BCUT2D eigenvalue weighted by atomic mass is 9.97. The molecule has 2 N–H and O–H groups in total. The summed E-state index contributed by atoms with van der Waals surface area (Å²) in [6, 6.07) is 7.69. The van der Waals surface area contributed by atoms with Crippen LogP contribution in [-0.4, -0.2) is 16.6 Å². The van der Waals surface area contributed by atoms with Gasteiger partial charge in [-0.1, -0.05) is 25.0 Å². The summed E-state index contributed by atoms with van der Waals surface area (Å²) < 4.78 is 0. The lowest BCUT2D eigenvalue weighted by Crippen LogP contribution is -2.30. The van der Waals surface area contributed by atoms with Crippen LogP contribution < -0.4 is 5.32 Å². The van der Waals surface area contributed by atoms with Gasteiger partial charge < -0.3 is 10.4 Å². The van der Waals surface area contributed by atoms with Gasteiger partial charge in [-0.2, -0.15) is 0 Å². The molecular formula is C14H19NO2. The smallest absolute Gasteiger partial charge is 0.227 e. The van der Waals surface area contributed by atoms with Crippen molar-refractivity contribution in [3.8, 4) is 0 Å². The molecule has 1 aliphatic rings. The first-order chi connectivity index (χ1) is 8.07. The molecule has 0 unspecified atom stereocenters. The number of aryl methyl sites for hydroxylation is 1. The van der Waals surface area contributed by atoms with E-state index in [0.29, 0.717) is 0 Å². The third-order valence-corrected chi connectivity index (χ3v) is 3.33. The highest BCUT2D eigenvalue weighted by Gasteiger charge is 2.33. The molecule has 0 aromatic heterocycles. The van der Waals surface area contributed by atoms with E-state index in [1.165, 1.54) is 0 Å². The van der Waals surface area contributed by atoms with Gasteiger partial charge in [0.2, 0.25) is 5.91 Å². The minimum absolute atomic E-state index is 0.0972. The molecule has 0 bridgehead atoms. The first-order valence-corrected chi connectivity index (χ1v) is 6.16. The highest BCUT2D eigenvalue weighted by atomic mass is 16.3. The van der Waals surface area contributed by atoms with Gasteiger partial charge in [0.05, 0.1) is 12.0 Å². The molecule has 1 aromatic rings. The Morgan fingerprint density at radius 3 is 2.76 bits per heavy atom. The Labute approximate surface area is 102 Å². The van der Waals surface area contributed by atoms with Gasteiger partial charge in [0, 0.05) is 5.69 Å². The summed E-state index contributed by atoms with van der Waals surface area (Å²) >= 11 is 0. The molecule has 0 atom stereocenters. The second kappa shape index (κ2) is 4.88. The lowest BCUT2D eigenvalue weighted by molar-refractivity contribution is -0.120. The molecule has 0 heterocycles. The third-order valence-electron chi connectivity index (χ3n) is 3.33. The Hall–Kier alpha value is -1.35. The van der Waals surface area contributed by atoms with Crippen molar-refractivity contribution in [2.24, 2.45) is 0 Å². The van der Waals surface area contributed by atoms with Crippen molar-refractivity contribution in [3.05, 3.63) is 29.8 Å². The van der Waals surface area contributed by atoms with Crippen LogP contribution in [0.5, 0.6) is 0 Å². The fraction of sp³-hybridized carbons (Fsp3) is 0.500. The van der Waals surface area contributed by atoms with E-state index in [1.807, 2.05) is 31.2 Å². The molecule has 0 aliphatic heterocycles. The van der Waals surface area contributed by atoms with Crippen LogP contribution in [0.4, 0.5) is 5.69 Å². The number of carbonyl (C=O) groups excluding carboxylic acids is 1. The predicted molar refractivity (Wildman–Crippen MR) is 67.8 cm³/mol. The van der Waals surface area contributed by atoms with Gasteiger partial charge in [-0.3, -0.25) is 4.79 Å². The van der Waals surface area contributed by atoms with Gasteiger partial charge >= 0.3 is 0 Å². The summed E-state index contributed by atoms with van der Waals surface area (Å²) in [5, 5.41) is 13.0. The standard InChI is InChI=1S/C14H19NO2/c1-11-5-4-6-12(9-11)15-13(16)10-14(17)7-2-3-8-14/h4-6,9,17H,2-3,7-8,10H2,1H3,(H,15,16). The van der Waals surface area contributed by atoms with E-state index in [-0.39, 0.29) is 12.3 Å². The minimum atomic E-state index is -0.770. The molecule has 3 nitrogen and oxygen atoms in total. The number of benzene rings is 1. The summed E-state index contributed by atoms with van der Waals surface area (Å²) in [6.07, 6.45) is 3.74. The maximum absolute atomic E-state index is 11.8. The lowest BCUT2D eigenvalue weighted by Gasteiger charge is -2.21. The van der Waals surface area contributed by atoms with Gasteiger partial charge in [0.25, 0.3) is 0 Å². The number of anilines is 1. The molecule has 17 heavy (non-hydrogen) atoms. The van der Waals surface area contributed by atoms with E-state index in [0.717, 1.165) is 36.9 Å². The zero-order valence-electron chi connectivity index (χ0n) is 10.2. The van der Waals surface area contributed by atoms with Gasteiger partial charge in [-0.15, -0.1) is 0 Å². The Morgan fingerprint density at radius 1 is 1.41 bits per heavy atom. The molecule has 0 radical (unpaired) electrons. The van der Waals surface area contributed by atoms with E-state index >= 15 is 0 Å². The summed E-state index contributed by atoms with van der Waals surface area (Å²) in [6.45, 7) is 1.99. The Morgan fingerprint density at radius 2 is 2.12 bits per heavy atom. The molecule has 0 spiro atoms. The molecule has 0 saturated heterocycles. The largest absolute Gasteiger partial charge is 0.389 e. The molecule has 2 rings (SSSR count).